The number of rotatable bonds is 1. The van der Waals surface area contributed by atoms with Gasteiger partial charge in [-0.05, 0) is 26.2 Å². The predicted octanol–water partition coefficient (Wildman–Crippen LogP) is 1.24. The van der Waals surface area contributed by atoms with Crippen LogP contribution < -0.4 is 0 Å². The van der Waals surface area contributed by atoms with Gasteiger partial charge in [0.15, 0.2) is 0 Å². The van der Waals surface area contributed by atoms with E-state index in [9.17, 15) is 9.90 Å². The van der Waals surface area contributed by atoms with Crippen LogP contribution in [0.4, 0.5) is 0 Å². The second-order valence-corrected chi connectivity index (χ2v) is 3.67. The molecular formula is C9H16O3. The maximum Gasteiger partial charge on any atom is 0.303 e. The first kappa shape index (κ1) is 9.52. The van der Waals surface area contributed by atoms with Gasteiger partial charge in [0.1, 0.15) is 5.60 Å². The average molecular weight is 172 g/mol. The van der Waals surface area contributed by atoms with Gasteiger partial charge in [0.2, 0.25) is 0 Å². The molecule has 0 aromatic rings. The molecule has 0 unspecified atom stereocenters. The molecule has 1 N–H and O–H groups in total. The molecule has 1 aliphatic carbocycles. The lowest BCUT2D eigenvalue weighted by Gasteiger charge is -2.37. The van der Waals surface area contributed by atoms with Crippen molar-refractivity contribution >= 4 is 5.97 Å². The number of hydrogen-bond donors (Lipinski definition) is 1. The fourth-order valence-electron chi connectivity index (χ4n) is 1.73. The lowest BCUT2D eigenvalue weighted by molar-refractivity contribution is -0.173. The first-order valence-electron chi connectivity index (χ1n) is 4.42. The lowest BCUT2D eigenvalue weighted by atomic mass is 9.83. The van der Waals surface area contributed by atoms with Crippen molar-refractivity contribution < 1.29 is 14.6 Å². The molecule has 0 aliphatic heterocycles. The number of carbonyl (C=O) groups is 1. The molecule has 0 spiro atoms. The van der Waals surface area contributed by atoms with Gasteiger partial charge in [-0.1, -0.05) is 6.42 Å². The predicted molar refractivity (Wildman–Crippen MR) is 44.6 cm³/mol. The third kappa shape index (κ3) is 1.97. The van der Waals surface area contributed by atoms with Gasteiger partial charge in [-0.25, -0.2) is 0 Å². The van der Waals surface area contributed by atoms with Gasteiger partial charge >= 0.3 is 5.97 Å². The summed E-state index contributed by atoms with van der Waals surface area (Å²) in [5.74, 6) is -0.307. The van der Waals surface area contributed by atoms with Crippen LogP contribution in [0.25, 0.3) is 0 Å². The molecule has 0 heterocycles. The number of carbonyl (C=O) groups excluding carboxylic acids is 1. The molecule has 3 heteroatoms. The van der Waals surface area contributed by atoms with Crippen LogP contribution in [-0.4, -0.2) is 22.8 Å². The topological polar surface area (TPSA) is 46.5 Å². The standard InChI is InChI=1S/C9H16O3/c1-7(10)12-9(2)6-4-3-5-8(9)11/h8,11H,3-6H2,1-2H3/t8-,9-/m1/s1. The third-order valence-electron chi connectivity index (χ3n) is 2.48. The van der Waals surface area contributed by atoms with Crippen LogP contribution in [0, 0.1) is 0 Å². The summed E-state index contributed by atoms with van der Waals surface area (Å²) in [4.78, 5) is 10.7. The molecule has 0 aromatic heterocycles. The number of ether oxygens (including phenoxy) is 1. The highest BCUT2D eigenvalue weighted by molar-refractivity contribution is 5.66. The molecule has 1 saturated carbocycles. The van der Waals surface area contributed by atoms with Gasteiger partial charge in [0, 0.05) is 6.92 Å². The van der Waals surface area contributed by atoms with E-state index in [1.807, 2.05) is 0 Å². The minimum Gasteiger partial charge on any atom is -0.457 e. The smallest absolute Gasteiger partial charge is 0.303 e. The van der Waals surface area contributed by atoms with Crippen molar-refractivity contribution in [3.05, 3.63) is 0 Å². The molecule has 1 rings (SSSR count). The first-order valence-corrected chi connectivity index (χ1v) is 4.42. The van der Waals surface area contributed by atoms with Crippen molar-refractivity contribution in [2.75, 3.05) is 0 Å². The Morgan fingerprint density at radius 2 is 2.25 bits per heavy atom. The largest absolute Gasteiger partial charge is 0.457 e. The molecule has 1 aliphatic rings. The van der Waals surface area contributed by atoms with Crippen LogP contribution >= 0.6 is 0 Å². The molecule has 0 saturated heterocycles. The Morgan fingerprint density at radius 3 is 2.75 bits per heavy atom. The fraction of sp³-hybridized carbons (Fsp3) is 0.889. The summed E-state index contributed by atoms with van der Waals surface area (Å²) in [7, 11) is 0. The molecule has 1 fully saturated rings. The maximum atomic E-state index is 10.7. The summed E-state index contributed by atoms with van der Waals surface area (Å²) in [6.45, 7) is 3.19. The SMILES string of the molecule is CC(=O)O[C@]1(C)CCCC[C@H]1O. The van der Waals surface area contributed by atoms with Crippen molar-refractivity contribution in [2.24, 2.45) is 0 Å². The molecule has 0 aromatic carbocycles. The van der Waals surface area contributed by atoms with E-state index < -0.39 is 11.7 Å². The van der Waals surface area contributed by atoms with Crippen molar-refractivity contribution in [3.8, 4) is 0 Å². The van der Waals surface area contributed by atoms with Crippen LogP contribution in [-0.2, 0) is 9.53 Å². The second kappa shape index (κ2) is 3.44. The van der Waals surface area contributed by atoms with Gasteiger partial charge in [-0.3, -0.25) is 4.79 Å². The molecule has 70 valence electrons. The minimum atomic E-state index is -0.635. The molecule has 2 atom stereocenters. The number of aliphatic hydroxyl groups is 1. The van der Waals surface area contributed by atoms with Crippen molar-refractivity contribution in [2.45, 2.75) is 51.2 Å². The Hall–Kier alpha value is -0.570. The number of aliphatic hydroxyl groups excluding tert-OH is 1. The molecule has 0 radical (unpaired) electrons. The van der Waals surface area contributed by atoms with Crippen LogP contribution in [0.1, 0.15) is 39.5 Å². The Kier molecular flexibility index (Phi) is 2.73. The summed E-state index contributed by atoms with van der Waals surface area (Å²) in [6.07, 6.45) is 3.08. The van der Waals surface area contributed by atoms with Crippen LogP contribution in [0.5, 0.6) is 0 Å². The van der Waals surface area contributed by atoms with Crippen molar-refractivity contribution in [3.63, 3.8) is 0 Å². The number of hydrogen-bond acceptors (Lipinski definition) is 3. The minimum absolute atomic E-state index is 0.307. The van der Waals surface area contributed by atoms with Crippen LogP contribution in [0.2, 0.25) is 0 Å². The average Bonchev–Trinajstić information content (AvgIpc) is 1.94. The first-order chi connectivity index (χ1) is 5.54. The maximum absolute atomic E-state index is 10.7. The summed E-state index contributed by atoms with van der Waals surface area (Å²) in [5.41, 5.74) is -0.635. The third-order valence-corrected chi connectivity index (χ3v) is 2.48. The zero-order valence-corrected chi connectivity index (χ0v) is 7.67. The van der Waals surface area contributed by atoms with E-state index in [0.717, 1.165) is 25.7 Å². The molecule has 12 heavy (non-hydrogen) atoms. The van der Waals surface area contributed by atoms with E-state index in [0.29, 0.717) is 0 Å². The molecular weight excluding hydrogens is 156 g/mol. The molecule has 3 nitrogen and oxygen atoms in total. The summed E-state index contributed by atoms with van der Waals surface area (Å²) < 4.78 is 5.10. The van der Waals surface area contributed by atoms with E-state index in [4.69, 9.17) is 4.74 Å². The Labute approximate surface area is 72.7 Å². The Morgan fingerprint density at radius 1 is 1.58 bits per heavy atom. The quantitative estimate of drug-likeness (QED) is 0.605. The second-order valence-electron chi connectivity index (χ2n) is 3.67. The fourth-order valence-corrected chi connectivity index (χ4v) is 1.73. The van der Waals surface area contributed by atoms with Gasteiger partial charge in [0.05, 0.1) is 6.10 Å². The normalized spacial score (nSPS) is 36.1. The van der Waals surface area contributed by atoms with E-state index in [1.165, 1.54) is 6.92 Å². The van der Waals surface area contributed by atoms with Gasteiger partial charge in [0.25, 0.3) is 0 Å². The summed E-state index contributed by atoms with van der Waals surface area (Å²) in [5, 5.41) is 9.60. The number of esters is 1. The van der Waals surface area contributed by atoms with E-state index >= 15 is 0 Å². The van der Waals surface area contributed by atoms with Crippen molar-refractivity contribution in [1.82, 2.24) is 0 Å². The van der Waals surface area contributed by atoms with E-state index in [1.54, 1.807) is 6.92 Å². The monoisotopic (exact) mass is 172 g/mol. The highest BCUT2D eigenvalue weighted by atomic mass is 16.6. The summed E-state index contributed by atoms with van der Waals surface area (Å²) >= 11 is 0. The highest BCUT2D eigenvalue weighted by Crippen LogP contribution is 2.31. The van der Waals surface area contributed by atoms with Crippen LogP contribution in [0.3, 0.4) is 0 Å². The zero-order valence-electron chi connectivity index (χ0n) is 7.67. The highest BCUT2D eigenvalue weighted by Gasteiger charge is 2.38. The molecule has 0 bridgehead atoms. The molecule has 0 amide bonds. The zero-order chi connectivity index (χ0) is 9.19. The van der Waals surface area contributed by atoms with E-state index in [2.05, 4.69) is 0 Å². The van der Waals surface area contributed by atoms with E-state index in [-0.39, 0.29) is 5.97 Å². The van der Waals surface area contributed by atoms with Gasteiger partial charge < -0.3 is 9.84 Å². The Balaban J connectivity index is 2.59. The Bertz CT molecular complexity index is 179. The van der Waals surface area contributed by atoms with Gasteiger partial charge in [-0.2, -0.15) is 0 Å². The van der Waals surface area contributed by atoms with Gasteiger partial charge in [-0.15, -0.1) is 0 Å². The lowest BCUT2D eigenvalue weighted by Crippen LogP contribution is -2.45. The van der Waals surface area contributed by atoms with Crippen molar-refractivity contribution in [1.29, 1.82) is 0 Å². The van der Waals surface area contributed by atoms with Crippen LogP contribution in [0.15, 0.2) is 0 Å². The summed E-state index contributed by atoms with van der Waals surface area (Å²) in [6, 6.07) is 0.